The molecule has 0 unspecified atom stereocenters. The maximum absolute atomic E-state index is 13.7. The van der Waals surface area contributed by atoms with Crippen LogP contribution in [0.4, 0.5) is 5.82 Å². The second-order valence-corrected chi connectivity index (χ2v) is 14.6. The Morgan fingerprint density at radius 1 is 0.851 bits per heavy atom. The minimum absolute atomic E-state index is 0.0706. The fourth-order valence-corrected chi connectivity index (χ4v) is 7.84. The molecule has 9 heteroatoms. The van der Waals surface area contributed by atoms with Gasteiger partial charge in [0.1, 0.15) is 21.8 Å². The summed E-state index contributed by atoms with van der Waals surface area (Å²) in [5.41, 5.74) is 2.61. The van der Waals surface area contributed by atoms with Crippen LogP contribution < -0.4 is 10.5 Å². The number of pyridine rings is 1. The number of carbonyl (C=O) groups is 1. The van der Waals surface area contributed by atoms with Gasteiger partial charge >= 0.3 is 0 Å². The summed E-state index contributed by atoms with van der Waals surface area (Å²) in [5.74, 6) is 0.748. The average Bonchev–Trinajstić information content (AvgIpc) is 3.34. The number of piperazine rings is 1. The maximum atomic E-state index is 13.7. The smallest absolute Gasteiger partial charge is 0.270 e. The quantitative estimate of drug-likeness (QED) is 0.0895. The van der Waals surface area contributed by atoms with Gasteiger partial charge in [0.15, 0.2) is 0 Å². The van der Waals surface area contributed by atoms with Crippen LogP contribution in [0.1, 0.15) is 113 Å². The molecule has 4 rings (SSSR count). The molecule has 0 aliphatic carbocycles. The van der Waals surface area contributed by atoms with E-state index in [-0.39, 0.29) is 17.0 Å². The SMILES string of the molecule is CCCCCCCCCCCCN1C(=O)/C(=C\c2c(C)c(C#N)c(=O)n(CCCC)c2N2CCN(Cc3ccccc3)CC2)SC1=S. The van der Waals surface area contributed by atoms with E-state index in [1.807, 2.05) is 19.1 Å². The molecule has 7 nitrogen and oxygen atoms in total. The van der Waals surface area contributed by atoms with Crippen molar-refractivity contribution >= 4 is 46.1 Å². The van der Waals surface area contributed by atoms with Crippen LogP contribution in [-0.4, -0.2) is 57.3 Å². The third kappa shape index (κ3) is 10.0. The number of thioether (sulfide) groups is 1. The van der Waals surface area contributed by atoms with Gasteiger partial charge in [0.05, 0.1) is 4.91 Å². The number of rotatable bonds is 18. The van der Waals surface area contributed by atoms with E-state index < -0.39 is 0 Å². The van der Waals surface area contributed by atoms with Crippen LogP contribution in [0.3, 0.4) is 0 Å². The molecule has 2 fully saturated rings. The lowest BCUT2D eigenvalue weighted by Gasteiger charge is -2.38. The van der Waals surface area contributed by atoms with Gasteiger partial charge in [0.2, 0.25) is 0 Å². The monoisotopic (exact) mass is 675 g/mol. The first-order valence-electron chi connectivity index (χ1n) is 17.8. The van der Waals surface area contributed by atoms with Gasteiger partial charge in [-0.05, 0) is 37.0 Å². The number of nitriles is 1. The topological polar surface area (TPSA) is 72.6 Å². The zero-order chi connectivity index (χ0) is 33.6. The van der Waals surface area contributed by atoms with Crippen molar-refractivity contribution in [3.8, 4) is 6.07 Å². The van der Waals surface area contributed by atoms with E-state index in [0.29, 0.717) is 27.9 Å². The van der Waals surface area contributed by atoms with Gasteiger partial charge in [-0.1, -0.05) is 132 Å². The summed E-state index contributed by atoms with van der Waals surface area (Å²) >= 11 is 7.03. The molecule has 2 aliphatic heterocycles. The van der Waals surface area contributed by atoms with E-state index >= 15 is 0 Å². The predicted molar refractivity (Wildman–Crippen MR) is 201 cm³/mol. The molecule has 0 atom stereocenters. The Morgan fingerprint density at radius 3 is 2.09 bits per heavy atom. The maximum Gasteiger partial charge on any atom is 0.270 e. The minimum atomic E-state index is -0.245. The molecule has 1 aromatic heterocycles. The molecule has 1 amide bonds. The normalized spacial score (nSPS) is 16.4. The first-order valence-corrected chi connectivity index (χ1v) is 19.1. The Hall–Kier alpha value is -2.93. The molecule has 2 aromatic rings. The van der Waals surface area contributed by atoms with Crippen LogP contribution in [-0.2, 0) is 17.9 Å². The molecular formula is C38H53N5O2S2. The van der Waals surface area contributed by atoms with Crippen molar-refractivity contribution in [1.82, 2.24) is 14.4 Å². The van der Waals surface area contributed by atoms with E-state index in [0.717, 1.165) is 69.8 Å². The summed E-state index contributed by atoms with van der Waals surface area (Å²) in [5, 5.41) is 10.1. The number of thiocarbonyl (C=S) groups is 1. The fraction of sp³-hybridized carbons (Fsp3) is 0.579. The number of amides is 1. The highest BCUT2D eigenvalue weighted by Crippen LogP contribution is 2.36. The molecule has 47 heavy (non-hydrogen) atoms. The number of benzene rings is 1. The van der Waals surface area contributed by atoms with Gasteiger partial charge in [-0.25, -0.2) is 0 Å². The molecular weight excluding hydrogens is 623 g/mol. The Bertz CT molecular complexity index is 1470. The number of nitrogens with zero attached hydrogens (tertiary/aromatic N) is 5. The number of anilines is 1. The standard InChI is InChI=1S/C38H53N5O2S2/c1-4-6-8-9-10-11-12-13-14-18-22-43-37(45)34(47-38(43)46)27-32-30(3)33(28-39)36(44)42(21-7-5-2)35(32)41-25-23-40(24-26-41)29-31-19-16-15-17-20-31/h15-17,19-20,27H,4-14,18,21-26,29H2,1-3H3/b34-27+. The van der Waals surface area contributed by atoms with Gasteiger partial charge in [0.25, 0.3) is 11.5 Å². The zero-order valence-electron chi connectivity index (χ0n) is 28.8. The molecule has 3 heterocycles. The third-order valence-corrected chi connectivity index (χ3v) is 10.8. The number of carbonyl (C=O) groups excluding carboxylic acids is 1. The van der Waals surface area contributed by atoms with Gasteiger partial charge in [-0.3, -0.25) is 24.0 Å². The first-order chi connectivity index (χ1) is 22.9. The summed E-state index contributed by atoms with van der Waals surface area (Å²) in [6, 6.07) is 12.7. The minimum Gasteiger partial charge on any atom is -0.355 e. The van der Waals surface area contributed by atoms with Gasteiger partial charge in [-0.2, -0.15) is 5.26 Å². The summed E-state index contributed by atoms with van der Waals surface area (Å²) < 4.78 is 2.38. The van der Waals surface area contributed by atoms with Crippen LogP contribution in [0.5, 0.6) is 0 Å². The Balaban J connectivity index is 1.50. The highest BCUT2D eigenvalue weighted by Gasteiger charge is 2.33. The molecule has 0 N–H and O–H groups in total. The average molecular weight is 676 g/mol. The van der Waals surface area contributed by atoms with Crippen LogP contribution in [0.25, 0.3) is 6.08 Å². The molecule has 0 saturated carbocycles. The summed E-state index contributed by atoms with van der Waals surface area (Å²) in [7, 11) is 0. The highest BCUT2D eigenvalue weighted by atomic mass is 32.2. The second kappa shape index (κ2) is 19.2. The fourth-order valence-electron chi connectivity index (χ4n) is 6.55. The number of unbranched alkanes of at least 4 members (excludes halogenated alkanes) is 10. The van der Waals surface area contributed by atoms with E-state index in [1.54, 1.807) is 9.47 Å². The van der Waals surface area contributed by atoms with Crippen molar-refractivity contribution in [2.24, 2.45) is 0 Å². The predicted octanol–water partition coefficient (Wildman–Crippen LogP) is 8.27. The Morgan fingerprint density at radius 2 is 1.47 bits per heavy atom. The van der Waals surface area contributed by atoms with Crippen molar-refractivity contribution in [2.75, 3.05) is 37.6 Å². The molecule has 254 valence electrons. The van der Waals surface area contributed by atoms with Crippen molar-refractivity contribution in [3.05, 3.63) is 67.8 Å². The first kappa shape index (κ1) is 36.9. The van der Waals surface area contributed by atoms with E-state index in [2.05, 4.69) is 54.0 Å². The molecule has 1 aromatic carbocycles. The molecule has 0 spiro atoms. The van der Waals surface area contributed by atoms with Gasteiger partial charge < -0.3 is 4.90 Å². The van der Waals surface area contributed by atoms with Crippen molar-refractivity contribution in [2.45, 2.75) is 111 Å². The van der Waals surface area contributed by atoms with E-state index in [4.69, 9.17) is 12.2 Å². The van der Waals surface area contributed by atoms with Crippen molar-refractivity contribution in [1.29, 1.82) is 5.26 Å². The largest absolute Gasteiger partial charge is 0.355 e. The molecule has 0 radical (unpaired) electrons. The molecule has 2 aliphatic rings. The summed E-state index contributed by atoms with van der Waals surface area (Å²) in [6.45, 7) is 11.5. The highest BCUT2D eigenvalue weighted by molar-refractivity contribution is 8.26. The lowest BCUT2D eigenvalue weighted by Crippen LogP contribution is -2.48. The lowest BCUT2D eigenvalue weighted by atomic mass is 10.0. The van der Waals surface area contributed by atoms with Crippen LogP contribution in [0.15, 0.2) is 40.0 Å². The molecule has 0 bridgehead atoms. The van der Waals surface area contributed by atoms with Crippen LogP contribution >= 0.6 is 24.0 Å². The van der Waals surface area contributed by atoms with Crippen LogP contribution in [0.2, 0.25) is 0 Å². The van der Waals surface area contributed by atoms with Gasteiger partial charge in [-0.15, -0.1) is 0 Å². The number of hydrogen-bond acceptors (Lipinski definition) is 7. The Kier molecular flexibility index (Phi) is 15.0. The summed E-state index contributed by atoms with van der Waals surface area (Å²) in [6.07, 6.45) is 16.1. The van der Waals surface area contributed by atoms with E-state index in [9.17, 15) is 14.9 Å². The third-order valence-electron chi connectivity index (χ3n) is 9.39. The number of hydrogen-bond donors (Lipinski definition) is 0. The number of aromatic nitrogens is 1. The van der Waals surface area contributed by atoms with Gasteiger partial charge in [0, 0.05) is 51.4 Å². The summed E-state index contributed by atoms with van der Waals surface area (Å²) in [4.78, 5) is 34.4. The van der Waals surface area contributed by atoms with Crippen molar-refractivity contribution in [3.63, 3.8) is 0 Å². The Labute approximate surface area is 292 Å². The van der Waals surface area contributed by atoms with Crippen LogP contribution in [0, 0.1) is 18.3 Å². The lowest BCUT2D eigenvalue weighted by molar-refractivity contribution is -0.122. The zero-order valence-corrected chi connectivity index (χ0v) is 30.4. The molecule has 2 saturated heterocycles. The van der Waals surface area contributed by atoms with E-state index in [1.165, 1.54) is 68.7 Å². The van der Waals surface area contributed by atoms with Crippen molar-refractivity contribution < 1.29 is 4.79 Å². The second-order valence-electron chi connectivity index (χ2n) is 12.9.